The lowest BCUT2D eigenvalue weighted by molar-refractivity contribution is 0.619. The molecule has 2 heteroatoms. The number of hydrogen-bond acceptors (Lipinski definition) is 0. The van der Waals surface area contributed by atoms with E-state index in [1.165, 1.54) is 6.07 Å². The molecule has 16 heavy (non-hydrogen) atoms. The predicted octanol–water partition coefficient (Wildman–Crippen LogP) is 4.76. The summed E-state index contributed by atoms with van der Waals surface area (Å²) in [5, 5.41) is 0.700. The minimum absolute atomic E-state index is 0.187. The highest BCUT2D eigenvalue weighted by Gasteiger charge is 2.07. The molecule has 0 spiro atoms. The molecule has 82 valence electrons. The maximum atomic E-state index is 13.2. The number of halogens is 2. The molecule has 0 aromatic heterocycles. The molecule has 0 aliphatic rings. The summed E-state index contributed by atoms with van der Waals surface area (Å²) in [5.74, 6) is -0.187. The van der Waals surface area contributed by atoms with Crippen LogP contribution in [0.1, 0.15) is 11.1 Å². The first-order chi connectivity index (χ1) is 7.59. The third kappa shape index (κ3) is 1.96. The second-order valence-electron chi connectivity index (χ2n) is 3.90. The summed E-state index contributed by atoms with van der Waals surface area (Å²) in [5.41, 5.74) is 3.67. The molecule has 0 N–H and O–H groups in total. The van der Waals surface area contributed by atoms with E-state index in [0.717, 1.165) is 16.7 Å². The van der Waals surface area contributed by atoms with Crippen LogP contribution in [0, 0.1) is 19.7 Å². The second-order valence-corrected chi connectivity index (χ2v) is 4.30. The minimum Gasteiger partial charge on any atom is -0.207 e. The summed E-state index contributed by atoms with van der Waals surface area (Å²) < 4.78 is 13.2. The lowest BCUT2D eigenvalue weighted by Gasteiger charge is -2.09. The van der Waals surface area contributed by atoms with E-state index in [0.29, 0.717) is 10.6 Å². The Hall–Kier alpha value is -1.34. The van der Waals surface area contributed by atoms with Crippen molar-refractivity contribution in [1.82, 2.24) is 0 Å². The van der Waals surface area contributed by atoms with Crippen LogP contribution in [0.4, 0.5) is 4.39 Å². The van der Waals surface area contributed by atoms with Crippen LogP contribution in [0.2, 0.25) is 5.02 Å². The molecule has 0 saturated carbocycles. The Labute approximate surface area is 99.7 Å². The van der Waals surface area contributed by atoms with E-state index in [9.17, 15) is 4.39 Å². The van der Waals surface area contributed by atoms with Crippen LogP contribution in [0.5, 0.6) is 0 Å². The number of rotatable bonds is 1. The van der Waals surface area contributed by atoms with Crippen molar-refractivity contribution in [3.63, 3.8) is 0 Å². The molecule has 0 aliphatic heterocycles. The molecule has 0 radical (unpaired) electrons. The summed E-state index contributed by atoms with van der Waals surface area (Å²) in [6, 6.07) is 10.8. The van der Waals surface area contributed by atoms with E-state index >= 15 is 0 Å². The van der Waals surface area contributed by atoms with Crippen LogP contribution >= 0.6 is 11.6 Å². The highest BCUT2D eigenvalue weighted by atomic mass is 35.5. The van der Waals surface area contributed by atoms with Gasteiger partial charge in [-0.1, -0.05) is 29.8 Å². The summed E-state index contributed by atoms with van der Waals surface area (Å²) in [7, 11) is 0. The topological polar surface area (TPSA) is 0 Å². The smallest absolute Gasteiger partial charge is 0.126 e. The molecule has 0 saturated heterocycles. The van der Waals surface area contributed by atoms with Crippen LogP contribution in [-0.2, 0) is 0 Å². The number of aryl methyl sites for hydroxylation is 2. The van der Waals surface area contributed by atoms with Gasteiger partial charge in [-0.2, -0.15) is 0 Å². The normalized spacial score (nSPS) is 10.5. The Bertz CT molecular complexity index is 512. The molecule has 2 aromatic carbocycles. The van der Waals surface area contributed by atoms with Crippen LogP contribution in [0.15, 0.2) is 36.4 Å². The van der Waals surface area contributed by atoms with Crippen LogP contribution in [0.3, 0.4) is 0 Å². The van der Waals surface area contributed by atoms with Crippen molar-refractivity contribution < 1.29 is 4.39 Å². The summed E-state index contributed by atoms with van der Waals surface area (Å²) in [6.45, 7) is 3.75. The van der Waals surface area contributed by atoms with Crippen LogP contribution in [-0.4, -0.2) is 0 Å². The highest BCUT2D eigenvalue weighted by molar-refractivity contribution is 6.33. The van der Waals surface area contributed by atoms with Crippen LogP contribution < -0.4 is 0 Å². The van der Waals surface area contributed by atoms with Gasteiger partial charge in [0, 0.05) is 10.6 Å². The van der Waals surface area contributed by atoms with Gasteiger partial charge in [-0.05, 0) is 48.7 Å². The molecule has 2 aromatic rings. The van der Waals surface area contributed by atoms with Crippen molar-refractivity contribution in [3.05, 3.63) is 58.4 Å². The van der Waals surface area contributed by atoms with Gasteiger partial charge in [-0.25, -0.2) is 4.39 Å². The summed E-state index contributed by atoms with van der Waals surface area (Å²) in [6.07, 6.45) is 0. The summed E-state index contributed by atoms with van der Waals surface area (Å²) >= 11 is 6.16. The minimum atomic E-state index is -0.187. The average Bonchev–Trinajstić information content (AvgIpc) is 2.23. The zero-order valence-corrected chi connectivity index (χ0v) is 9.98. The molecular weight excluding hydrogens is 223 g/mol. The van der Waals surface area contributed by atoms with E-state index in [2.05, 4.69) is 0 Å². The van der Waals surface area contributed by atoms with Crippen molar-refractivity contribution in [1.29, 1.82) is 0 Å². The van der Waals surface area contributed by atoms with Crippen LogP contribution in [0.25, 0.3) is 11.1 Å². The van der Waals surface area contributed by atoms with Crippen molar-refractivity contribution in [2.24, 2.45) is 0 Å². The Morgan fingerprint density at radius 1 is 1.00 bits per heavy atom. The van der Waals surface area contributed by atoms with Crippen molar-refractivity contribution >= 4 is 11.6 Å². The summed E-state index contributed by atoms with van der Waals surface area (Å²) in [4.78, 5) is 0. The largest absolute Gasteiger partial charge is 0.207 e. The molecule has 0 amide bonds. The lowest BCUT2D eigenvalue weighted by Crippen LogP contribution is -1.88. The first-order valence-corrected chi connectivity index (χ1v) is 5.49. The van der Waals surface area contributed by atoms with Gasteiger partial charge < -0.3 is 0 Å². The first-order valence-electron chi connectivity index (χ1n) is 5.11. The molecule has 0 fully saturated rings. The maximum absolute atomic E-state index is 13.2. The molecule has 0 unspecified atom stereocenters. The molecule has 2 rings (SSSR count). The van der Waals surface area contributed by atoms with Gasteiger partial charge >= 0.3 is 0 Å². The van der Waals surface area contributed by atoms with Gasteiger partial charge in [0.2, 0.25) is 0 Å². The fourth-order valence-corrected chi connectivity index (χ4v) is 2.13. The fraction of sp³-hybridized carbons (Fsp3) is 0.143. The molecular formula is C14H12ClF. The zero-order chi connectivity index (χ0) is 11.7. The van der Waals surface area contributed by atoms with E-state index in [4.69, 9.17) is 11.6 Å². The highest BCUT2D eigenvalue weighted by Crippen LogP contribution is 2.31. The zero-order valence-electron chi connectivity index (χ0n) is 9.22. The second kappa shape index (κ2) is 4.26. The monoisotopic (exact) mass is 234 g/mol. The Morgan fingerprint density at radius 3 is 2.38 bits per heavy atom. The molecule has 0 bridgehead atoms. The fourth-order valence-electron chi connectivity index (χ4n) is 1.80. The van der Waals surface area contributed by atoms with Gasteiger partial charge in [-0.3, -0.25) is 0 Å². The Morgan fingerprint density at radius 2 is 1.75 bits per heavy atom. The molecule has 0 atom stereocenters. The quantitative estimate of drug-likeness (QED) is 0.667. The molecule has 0 aliphatic carbocycles. The predicted molar refractivity (Wildman–Crippen MR) is 66.3 cm³/mol. The van der Waals surface area contributed by atoms with E-state index in [-0.39, 0.29) is 5.82 Å². The van der Waals surface area contributed by atoms with Crippen molar-refractivity contribution in [2.75, 3.05) is 0 Å². The maximum Gasteiger partial charge on any atom is 0.126 e. The van der Waals surface area contributed by atoms with Gasteiger partial charge in [0.05, 0.1) is 0 Å². The SMILES string of the molecule is Cc1cc(-c2c(C)cccc2Cl)ccc1F. The van der Waals surface area contributed by atoms with E-state index in [1.54, 1.807) is 13.0 Å². The van der Waals surface area contributed by atoms with Gasteiger partial charge in [-0.15, -0.1) is 0 Å². The Balaban J connectivity index is 2.63. The number of benzene rings is 2. The lowest BCUT2D eigenvalue weighted by atomic mass is 9.99. The first kappa shape index (κ1) is 11.2. The standard InChI is InChI=1S/C14H12ClF/c1-9-4-3-5-12(15)14(9)11-6-7-13(16)10(2)8-11/h3-8H,1-2H3. The molecule has 0 nitrogen and oxygen atoms in total. The number of hydrogen-bond donors (Lipinski definition) is 0. The molecule has 0 heterocycles. The Kier molecular flexibility index (Phi) is 2.97. The van der Waals surface area contributed by atoms with E-state index in [1.807, 2.05) is 31.2 Å². The third-order valence-electron chi connectivity index (χ3n) is 2.67. The van der Waals surface area contributed by atoms with Crippen molar-refractivity contribution in [3.8, 4) is 11.1 Å². The third-order valence-corrected chi connectivity index (χ3v) is 2.98. The van der Waals surface area contributed by atoms with Crippen molar-refractivity contribution in [2.45, 2.75) is 13.8 Å². The van der Waals surface area contributed by atoms with E-state index < -0.39 is 0 Å². The van der Waals surface area contributed by atoms with Gasteiger partial charge in [0.25, 0.3) is 0 Å². The van der Waals surface area contributed by atoms with Gasteiger partial charge in [0.1, 0.15) is 5.82 Å². The van der Waals surface area contributed by atoms with Gasteiger partial charge in [0.15, 0.2) is 0 Å². The average molecular weight is 235 g/mol.